The van der Waals surface area contributed by atoms with Gasteiger partial charge in [-0.05, 0) is 19.8 Å². The second kappa shape index (κ2) is 6.82. The molecule has 1 saturated carbocycles. The van der Waals surface area contributed by atoms with E-state index in [1.54, 1.807) is 6.92 Å². The molecule has 0 aromatic heterocycles. The Hall–Kier alpha value is -1.20. The zero-order chi connectivity index (χ0) is 14.5. The zero-order valence-corrected chi connectivity index (χ0v) is 11.5. The minimum absolute atomic E-state index is 0.0964. The largest absolute Gasteiger partial charge is 0.466 e. The first-order valence-electron chi connectivity index (χ1n) is 6.64. The molecular formula is C13H21F2NO3. The van der Waals surface area contributed by atoms with Crippen molar-refractivity contribution < 1.29 is 23.1 Å². The van der Waals surface area contributed by atoms with E-state index in [2.05, 4.69) is 0 Å². The number of carbonyl (C=O) groups is 2. The summed E-state index contributed by atoms with van der Waals surface area (Å²) in [7, 11) is 1.54. The average molecular weight is 277 g/mol. The van der Waals surface area contributed by atoms with Crippen LogP contribution in [-0.4, -0.2) is 42.9 Å². The van der Waals surface area contributed by atoms with Gasteiger partial charge in [0, 0.05) is 32.4 Å². The highest BCUT2D eigenvalue weighted by Gasteiger charge is 2.39. The highest BCUT2D eigenvalue weighted by atomic mass is 19.3. The first-order valence-corrected chi connectivity index (χ1v) is 6.64. The van der Waals surface area contributed by atoms with Gasteiger partial charge in [0.05, 0.1) is 13.0 Å². The molecule has 0 aliphatic heterocycles. The normalized spacial score (nSPS) is 21.8. The van der Waals surface area contributed by atoms with Crippen molar-refractivity contribution in [3.63, 3.8) is 0 Å². The molecular weight excluding hydrogens is 256 g/mol. The highest BCUT2D eigenvalue weighted by molar-refractivity contribution is 5.79. The lowest BCUT2D eigenvalue weighted by molar-refractivity contribution is -0.145. The predicted octanol–water partition coefficient (Wildman–Crippen LogP) is 2.22. The maximum Gasteiger partial charge on any atom is 0.307 e. The van der Waals surface area contributed by atoms with Crippen LogP contribution in [0.4, 0.5) is 8.78 Å². The molecule has 0 heterocycles. The van der Waals surface area contributed by atoms with Gasteiger partial charge in [-0.2, -0.15) is 0 Å². The molecule has 0 aromatic rings. The van der Waals surface area contributed by atoms with Crippen LogP contribution < -0.4 is 0 Å². The van der Waals surface area contributed by atoms with Gasteiger partial charge in [-0.25, -0.2) is 8.78 Å². The van der Waals surface area contributed by atoms with Crippen molar-refractivity contribution in [3.05, 3.63) is 0 Å². The van der Waals surface area contributed by atoms with E-state index in [4.69, 9.17) is 4.74 Å². The lowest BCUT2D eigenvalue weighted by Crippen LogP contribution is -2.39. The van der Waals surface area contributed by atoms with E-state index in [-0.39, 0.29) is 37.7 Å². The highest BCUT2D eigenvalue weighted by Crippen LogP contribution is 2.37. The summed E-state index contributed by atoms with van der Waals surface area (Å²) in [5.74, 6) is -4.05. The summed E-state index contributed by atoms with van der Waals surface area (Å²) in [6.07, 6.45) is 0.450. The smallest absolute Gasteiger partial charge is 0.307 e. The number of esters is 1. The Morgan fingerprint density at radius 2 is 2.11 bits per heavy atom. The van der Waals surface area contributed by atoms with E-state index in [0.717, 1.165) is 0 Å². The molecule has 1 atom stereocenters. The van der Waals surface area contributed by atoms with Gasteiger partial charge in [0.25, 0.3) is 0 Å². The van der Waals surface area contributed by atoms with E-state index in [1.807, 2.05) is 0 Å². The van der Waals surface area contributed by atoms with Gasteiger partial charge < -0.3 is 9.64 Å². The number of hydrogen-bond donors (Lipinski definition) is 0. The fourth-order valence-electron chi connectivity index (χ4n) is 2.30. The number of halogens is 2. The molecule has 4 nitrogen and oxygen atoms in total. The summed E-state index contributed by atoms with van der Waals surface area (Å²) < 4.78 is 31.2. The van der Waals surface area contributed by atoms with E-state index in [0.29, 0.717) is 19.4 Å². The molecule has 1 amide bonds. The first kappa shape index (κ1) is 15.9. The molecule has 0 N–H and O–H groups in total. The summed E-state index contributed by atoms with van der Waals surface area (Å²) in [6.45, 7) is 2.21. The third kappa shape index (κ3) is 5.12. The quantitative estimate of drug-likeness (QED) is 0.724. The monoisotopic (exact) mass is 277 g/mol. The Kier molecular flexibility index (Phi) is 5.69. The van der Waals surface area contributed by atoms with Crippen LogP contribution in [0.25, 0.3) is 0 Å². The fourth-order valence-corrected chi connectivity index (χ4v) is 2.30. The Morgan fingerprint density at radius 1 is 1.42 bits per heavy atom. The van der Waals surface area contributed by atoms with Crippen LogP contribution in [0, 0.1) is 5.92 Å². The topological polar surface area (TPSA) is 46.6 Å². The summed E-state index contributed by atoms with van der Waals surface area (Å²) in [4.78, 5) is 24.5. The van der Waals surface area contributed by atoms with Gasteiger partial charge in [0.2, 0.25) is 11.8 Å². The molecule has 0 saturated heterocycles. The molecule has 0 radical (unpaired) electrons. The van der Waals surface area contributed by atoms with E-state index in [1.165, 1.54) is 11.9 Å². The van der Waals surface area contributed by atoms with Crippen LogP contribution in [0.3, 0.4) is 0 Å². The van der Waals surface area contributed by atoms with Crippen molar-refractivity contribution in [2.24, 2.45) is 5.92 Å². The lowest BCUT2D eigenvalue weighted by atomic mass is 9.85. The standard InChI is InChI=1S/C13H21F2NO3/c1-3-19-11(17)6-8-16(2)12(18)10-5-4-7-13(14,15)9-10/h10H,3-9H2,1-2H3. The summed E-state index contributed by atoms with van der Waals surface area (Å²) in [5.41, 5.74) is 0. The maximum absolute atomic E-state index is 13.2. The van der Waals surface area contributed by atoms with Gasteiger partial charge in [0.15, 0.2) is 0 Å². The Morgan fingerprint density at radius 3 is 2.68 bits per heavy atom. The average Bonchev–Trinajstić information content (AvgIpc) is 2.34. The van der Waals surface area contributed by atoms with Crippen molar-refractivity contribution >= 4 is 11.9 Å². The van der Waals surface area contributed by atoms with Crippen molar-refractivity contribution in [1.82, 2.24) is 4.90 Å². The van der Waals surface area contributed by atoms with Gasteiger partial charge in [0.1, 0.15) is 0 Å². The zero-order valence-electron chi connectivity index (χ0n) is 11.5. The lowest BCUT2D eigenvalue weighted by Gasteiger charge is -2.30. The molecule has 1 rings (SSSR count). The van der Waals surface area contributed by atoms with Crippen LogP contribution in [0.1, 0.15) is 39.0 Å². The molecule has 19 heavy (non-hydrogen) atoms. The molecule has 110 valence electrons. The minimum atomic E-state index is -2.74. The number of nitrogens with zero attached hydrogens (tertiary/aromatic N) is 1. The third-order valence-corrected chi connectivity index (χ3v) is 3.32. The second-order valence-electron chi connectivity index (χ2n) is 4.96. The summed E-state index contributed by atoms with van der Waals surface area (Å²) in [5, 5.41) is 0. The molecule has 1 aliphatic carbocycles. The Labute approximate surface area is 112 Å². The van der Waals surface area contributed by atoms with E-state index in [9.17, 15) is 18.4 Å². The number of ether oxygens (including phenoxy) is 1. The van der Waals surface area contributed by atoms with E-state index >= 15 is 0 Å². The van der Waals surface area contributed by atoms with Crippen LogP contribution in [-0.2, 0) is 14.3 Å². The van der Waals surface area contributed by atoms with Crippen molar-refractivity contribution in [1.29, 1.82) is 0 Å². The van der Waals surface area contributed by atoms with Crippen molar-refractivity contribution in [2.45, 2.75) is 45.0 Å². The molecule has 0 aromatic carbocycles. The summed E-state index contributed by atoms with van der Waals surface area (Å²) >= 11 is 0. The second-order valence-corrected chi connectivity index (χ2v) is 4.96. The summed E-state index contributed by atoms with van der Waals surface area (Å²) in [6, 6.07) is 0. The predicted molar refractivity (Wildman–Crippen MR) is 65.8 cm³/mol. The van der Waals surface area contributed by atoms with Gasteiger partial charge in [-0.15, -0.1) is 0 Å². The minimum Gasteiger partial charge on any atom is -0.466 e. The number of carbonyl (C=O) groups excluding carboxylic acids is 2. The molecule has 0 bridgehead atoms. The maximum atomic E-state index is 13.2. The molecule has 0 spiro atoms. The number of amides is 1. The van der Waals surface area contributed by atoms with Crippen LogP contribution in [0.2, 0.25) is 0 Å². The van der Waals surface area contributed by atoms with Crippen LogP contribution >= 0.6 is 0 Å². The van der Waals surface area contributed by atoms with Crippen LogP contribution in [0.5, 0.6) is 0 Å². The van der Waals surface area contributed by atoms with Gasteiger partial charge in [-0.3, -0.25) is 9.59 Å². The molecule has 1 fully saturated rings. The molecule has 6 heteroatoms. The third-order valence-electron chi connectivity index (χ3n) is 3.32. The van der Waals surface area contributed by atoms with Crippen molar-refractivity contribution in [2.75, 3.05) is 20.2 Å². The number of alkyl halides is 2. The fraction of sp³-hybridized carbons (Fsp3) is 0.846. The van der Waals surface area contributed by atoms with Crippen molar-refractivity contribution in [3.8, 4) is 0 Å². The van der Waals surface area contributed by atoms with Gasteiger partial charge in [-0.1, -0.05) is 0 Å². The number of hydrogen-bond acceptors (Lipinski definition) is 3. The first-order chi connectivity index (χ1) is 8.85. The SMILES string of the molecule is CCOC(=O)CCN(C)C(=O)C1CCCC(F)(F)C1. The number of rotatable bonds is 5. The van der Waals surface area contributed by atoms with Gasteiger partial charge >= 0.3 is 5.97 Å². The van der Waals surface area contributed by atoms with E-state index < -0.39 is 11.8 Å². The van der Waals surface area contributed by atoms with Crippen LogP contribution in [0.15, 0.2) is 0 Å². The Balaban J connectivity index is 2.41. The Bertz CT molecular complexity index is 334. The molecule has 1 unspecified atom stereocenters. The molecule has 1 aliphatic rings.